The van der Waals surface area contributed by atoms with E-state index in [4.69, 9.17) is 98.5 Å². The molecule has 6 aromatic rings. The first-order chi connectivity index (χ1) is 25.0. The van der Waals surface area contributed by atoms with Crippen molar-refractivity contribution < 1.29 is 19.2 Å². The Hall–Kier alpha value is -4.04. The van der Waals surface area contributed by atoms with Gasteiger partial charge < -0.3 is 16.0 Å². The molecular formula is C34H24Cl8N6O5. The van der Waals surface area contributed by atoms with Gasteiger partial charge in [0.2, 0.25) is 5.28 Å². The Balaban J connectivity index is 0.000000234. The topological polar surface area (TPSA) is 178 Å². The normalized spacial score (nSPS) is 10.3. The van der Waals surface area contributed by atoms with Crippen molar-refractivity contribution in [1.82, 2.24) is 19.9 Å². The van der Waals surface area contributed by atoms with Gasteiger partial charge in [0.05, 0.1) is 16.7 Å². The molecule has 1 amide bonds. The van der Waals surface area contributed by atoms with Crippen LogP contribution in [0.15, 0.2) is 114 Å². The first-order valence-corrected chi connectivity index (χ1v) is 17.3. The fraction of sp³-hybridized carbons (Fsp3) is 0.0588. The summed E-state index contributed by atoms with van der Waals surface area (Å²) in [6.45, 7) is 0. The van der Waals surface area contributed by atoms with Crippen molar-refractivity contribution in [2.75, 3.05) is 11.1 Å². The predicted molar refractivity (Wildman–Crippen MR) is 215 cm³/mol. The molecule has 53 heavy (non-hydrogen) atoms. The maximum atomic E-state index is 11.3. The third-order valence-corrected chi connectivity index (χ3v) is 7.71. The number of carbonyl (C=O) groups is 4. The van der Waals surface area contributed by atoms with Gasteiger partial charge in [-0.15, -0.1) is 0 Å². The van der Waals surface area contributed by atoms with Crippen molar-refractivity contribution in [2.24, 2.45) is 0 Å². The van der Waals surface area contributed by atoms with Crippen molar-refractivity contribution in [3.63, 3.8) is 0 Å². The maximum absolute atomic E-state index is 11.3. The average molecular weight is 880 g/mol. The number of hydrogen-bond acceptors (Lipinski definition) is 9. The number of amides is 1. The van der Waals surface area contributed by atoms with E-state index < -0.39 is 18.7 Å². The van der Waals surface area contributed by atoms with Crippen LogP contribution in [0, 0.1) is 0 Å². The van der Waals surface area contributed by atoms with Gasteiger partial charge in [0.1, 0.15) is 0 Å². The molecule has 0 atom stereocenters. The summed E-state index contributed by atoms with van der Waals surface area (Å²) in [5, 5.41) is 3.60. The molecule has 11 nitrogen and oxygen atoms in total. The third-order valence-electron chi connectivity index (χ3n) is 5.92. The van der Waals surface area contributed by atoms with Crippen LogP contribution in [0.2, 0.25) is 5.28 Å². The van der Waals surface area contributed by atoms with Gasteiger partial charge in [0.25, 0.3) is 18.7 Å². The lowest BCUT2D eigenvalue weighted by Gasteiger charge is -2.12. The van der Waals surface area contributed by atoms with E-state index in [1.807, 2.05) is 48.5 Å². The van der Waals surface area contributed by atoms with Gasteiger partial charge in [0, 0.05) is 40.0 Å². The molecule has 2 aromatic heterocycles. The number of rotatable bonds is 3. The number of halogens is 8. The number of nitrogens with zero attached hydrogens (tertiary/aromatic N) is 3. The molecule has 0 saturated heterocycles. The van der Waals surface area contributed by atoms with Gasteiger partial charge in [-0.25, -0.2) is 19.7 Å². The van der Waals surface area contributed by atoms with E-state index in [1.165, 1.54) is 6.07 Å². The van der Waals surface area contributed by atoms with Crippen LogP contribution in [-0.2, 0) is 9.59 Å². The zero-order valence-corrected chi connectivity index (χ0v) is 32.6. The Bertz CT molecular complexity index is 2210. The summed E-state index contributed by atoms with van der Waals surface area (Å²) in [5.41, 5.74) is 8.52. The zero-order valence-electron chi connectivity index (χ0n) is 26.5. The maximum Gasteiger partial charge on any atom is 0.345 e. The van der Waals surface area contributed by atoms with Gasteiger partial charge in [-0.1, -0.05) is 130 Å². The van der Waals surface area contributed by atoms with E-state index in [2.05, 4.69) is 25.3 Å². The number of aldehydes is 2. The first-order valence-electron chi connectivity index (χ1n) is 14.3. The number of fused-ring (bicyclic) bond motifs is 2. The summed E-state index contributed by atoms with van der Waals surface area (Å²) >= 11 is 41.1. The fourth-order valence-corrected chi connectivity index (χ4v) is 3.76. The smallest absolute Gasteiger partial charge is 0.345 e. The van der Waals surface area contributed by atoms with Crippen molar-refractivity contribution in [1.29, 1.82) is 0 Å². The van der Waals surface area contributed by atoms with Crippen LogP contribution in [0.25, 0.3) is 21.8 Å². The quantitative estimate of drug-likeness (QED) is 0.0514. The molecule has 0 radical (unpaired) electrons. The zero-order chi connectivity index (χ0) is 39.6. The van der Waals surface area contributed by atoms with Crippen molar-refractivity contribution in [3.8, 4) is 0 Å². The molecular weight excluding hydrogens is 856 g/mol. The molecule has 0 bridgehead atoms. The number of nitrogens with two attached hydrogens (primary N) is 1. The number of alkyl halides is 6. The molecule has 19 heteroatoms. The molecule has 0 fully saturated rings. The van der Waals surface area contributed by atoms with Crippen molar-refractivity contribution in [2.45, 2.75) is 7.59 Å². The van der Waals surface area contributed by atoms with Crippen LogP contribution in [0.1, 0.15) is 20.7 Å². The number of carbonyl (C=O) groups excluding carboxylic acids is 4. The highest BCUT2D eigenvalue weighted by molar-refractivity contribution is 6.88. The van der Waals surface area contributed by atoms with Crippen LogP contribution < -0.4 is 16.7 Å². The highest BCUT2D eigenvalue weighted by Crippen LogP contribution is 2.29. The SMILES string of the molecule is Clc1ncc2ccccc2n1.Nc1ccccc1C=O.O=C(Cl)C(Cl)(Cl)Cl.O=Cc1ccccc1NC(=O)C(Cl)(Cl)Cl.O=c1ncc2ccccc2[nH]1. The standard InChI is InChI=1S/C9H6Cl3NO2.C8H5ClN2.C8H6N2O.C7H7NO.C2Cl4O/c10-9(11,12)8(15)13-7-4-2-1-3-6(7)5-14;9-8-10-5-6-3-1-2-4-7(6)11-8;11-8-9-5-6-3-1-2-4-7(6)10-8;8-7-4-2-1-3-6(7)5-9;3-1(7)2(4,5)6/h1-5H,(H,13,15);1-5H;1-5H,(H,9,10,11);1-5H,8H2;. The molecule has 276 valence electrons. The number of nitrogens with one attached hydrogen (secondary N) is 2. The second-order valence-corrected chi connectivity index (χ2v) is 14.9. The van der Waals surface area contributed by atoms with E-state index in [0.717, 1.165) is 28.1 Å². The number of hydrogen-bond donors (Lipinski definition) is 3. The lowest BCUT2D eigenvalue weighted by Crippen LogP contribution is -2.27. The molecule has 6 rings (SSSR count). The van der Waals surface area contributed by atoms with Gasteiger partial charge >= 0.3 is 5.69 Å². The van der Waals surface area contributed by atoms with E-state index in [-0.39, 0.29) is 5.69 Å². The van der Waals surface area contributed by atoms with Crippen molar-refractivity contribution >= 4 is 150 Å². The van der Waals surface area contributed by atoms with Crippen LogP contribution in [-0.4, -0.2) is 51.2 Å². The predicted octanol–water partition coefficient (Wildman–Crippen LogP) is 9.22. The number of H-pyrrole nitrogens is 1. The van der Waals surface area contributed by atoms with E-state index in [1.54, 1.807) is 54.9 Å². The summed E-state index contributed by atoms with van der Waals surface area (Å²) in [6.07, 6.45) is 4.63. The van der Waals surface area contributed by atoms with E-state index >= 15 is 0 Å². The number of aromatic nitrogens is 4. The second kappa shape index (κ2) is 22.2. The molecule has 0 unspecified atom stereocenters. The van der Waals surface area contributed by atoms with Gasteiger partial charge in [-0.3, -0.25) is 19.2 Å². The molecule has 0 spiro atoms. The Morgan fingerprint density at radius 2 is 1.21 bits per heavy atom. The summed E-state index contributed by atoms with van der Waals surface area (Å²) in [6, 6.07) is 28.6. The first kappa shape index (κ1) is 45.1. The largest absolute Gasteiger partial charge is 0.398 e. The second-order valence-electron chi connectivity index (χ2n) is 9.65. The summed E-state index contributed by atoms with van der Waals surface area (Å²) in [4.78, 5) is 66.7. The van der Waals surface area contributed by atoms with Crippen LogP contribution in [0.5, 0.6) is 0 Å². The number of nitrogen functional groups attached to an aromatic ring is 1. The lowest BCUT2D eigenvalue weighted by atomic mass is 10.2. The average Bonchev–Trinajstić information content (AvgIpc) is 3.12. The van der Waals surface area contributed by atoms with Gasteiger partial charge in [-0.2, -0.15) is 0 Å². The Morgan fingerprint density at radius 1 is 0.698 bits per heavy atom. The number of benzene rings is 4. The summed E-state index contributed by atoms with van der Waals surface area (Å²) in [5.74, 6) is -0.804. The highest BCUT2D eigenvalue weighted by Gasteiger charge is 2.31. The molecule has 4 aromatic carbocycles. The molecule has 0 aliphatic heterocycles. The summed E-state index contributed by atoms with van der Waals surface area (Å²) < 4.78 is -4.00. The number of anilines is 2. The molecule has 2 heterocycles. The minimum absolute atomic E-state index is 0.295. The van der Waals surface area contributed by atoms with Gasteiger partial charge in [0.15, 0.2) is 12.6 Å². The van der Waals surface area contributed by atoms with E-state index in [9.17, 15) is 24.0 Å². The molecule has 0 saturated carbocycles. The fourth-order valence-electron chi connectivity index (χ4n) is 3.47. The summed E-state index contributed by atoms with van der Waals surface area (Å²) in [7, 11) is 0. The molecule has 0 aliphatic carbocycles. The minimum Gasteiger partial charge on any atom is -0.398 e. The highest BCUT2D eigenvalue weighted by atomic mass is 35.6. The van der Waals surface area contributed by atoms with E-state index in [0.29, 0.717) is 34.1 Å². The van der Waals surface area contributed by atoms with Crippen LogP contribution in [0.3, 0.4) is 0 Å². The lowest BCUT2D eigenvalue weighted by molar-refractivity contribution is -0.115. The Kier molecular flexibility index (Phi) is 18.9. The van der Waals surface area contributed by atoms with Crippen LogP contribution >= 0.6 is 92.8 Å². The number of para-hydroxylation sites is 4. The molecule has 4 N–H and O–H groups in total. The number of aromatic amines is 1. The Labute approximate surface area is 341 Å². The molecule has 0 aliphatic rings. The van der Waals surface area contributed by atoms with Crippen molar-refractivity contribution in [3.05, 3.63) is 136 Å². The Morgan fingerprint density at radius 3 is 1.77 bits per heavy atom. The van der Waals surface area contributed by atoms with Crippen LogP contribution in [0.4, 0.5) is 11.4 Å². The third kappa shape index (κ3) is 16.7. The van der Waals surface area contributed by atoms with Gasteiger partial charge in [-0.05, 0) is 59.6 Å². The monoisotopic (exact) mass is 876 g/mol. The minimum atomic E-state index is -2.05.